The van der Waals surface area contributed by atoms with E-state index < -0.39 is 23.7 Å². The molecule has 1 saturated heterocycles. The minimum absolute atomic E-state index is 0.0732. The maximum Gasteiger partial charge on any atom is 0.305 e. The molecule has 2 aliphatic heterocycles. The lowest BCUT2D eigenvalue weighted by molar-refractivity contribution is -0.142. The number of halogens is 1. The molecule has 2 aliphatic carbocycles. The number of likely N-dealkylation sites (tertiary alicyclic amines) is 1. The Kier molecular flexibility index (Phi) is 7.21. The summed E-state index contributed by atoms with van der Waals surface area (Å²) in [6.45, 7) is -0.464. The molecule has 4 aliphatic rings. The number of imide groups is 1. The number of rotatable bonds is 8. The number of amides is 3. The Morgan fingerprint density at radius 3 is 2.52 bits per heavy atom. The summed E-state index contributed by atoms with van der Waals surface area (Å²) in [6.07, 6.45) is 0.363. The van der Waals surface area contributed by atoms with Gasteiger partial charge in [-0.05, 0) is 66.6 Å². The standard InChI is InChI=1S/C30H26ClN3O8S2/c31-12-1-6-18(42-11-19(36)32-13-2-4-14(35)5-3-13)15(9-12)21-22-16-10-17(25(22)43-27-26(21)44-30(41)33-27)24-23(16)28(39)34(29(24)40)8-7-20(37)38/h1-6,9,16-17,21-25,35H,7-8,10-11H2,(H,32,36)(H,33,41)(H,37,38)/t16?,17?,21-,22?,23?,24?,25?/m1/s1. The van der Waals surface area contributed by atoms with Crippen LogP contribution < -0.4 is 14.9 Å². The van der Waals surface area contributed by atoms with Crippen molar-refractivity contribution in [1.82, 2.24) is 9.88 Å². The third-order valence-corrected chi connectivity index (χ3v) is 12.0. The van der Waals surface area contributed by atoms with Crippen molar-refractivity contribution in [2.75, 3.05) is 18.5 Å². The number of anilines is 1. The molecular formula is C30H26ClN3O8S2. The van der Waals surface area contributed by atoms with E-state index >= 15 is 0 Å². The number of carbonyl (C=O) groups excluding carboxylic acids is 3. The highest BCUT2D eigenvalue weighted by Gasteiger charge is 2.69. The number of nitrogens with zero attached hydrogens (tertiary/aromatic N) is 1. The Hall–Kier alpha value is -3.81. The largest absolute Gasteiger partial charge is 0.508 e. The molecule has 7 atom stereocenters. The van der Waals surface area contributed by atoms with Crippen LogP contribution in [0, 0.1) is 29.6 Å². The van der Waals surface area contributed by atoms with Gasteiger partial charge in [-0.15, -0.1) is 11.8 Å². The second-order valence-corrected chi connectivity index (χ2v) is 14.1. The minimum atomic E-state index is -1.08. The summed E-state index contributed by atoms with van der Waals surface area (Å²) in [6, 6.07) is 11.2. The van der Waals surface area contributed by atoms with Crippen LogP contribution in [0.3, 0.4) is 0 Å². The molecule has 1 aromatic heterocycles. The monoisotopic (exact) mass is 655 g/mol. The Labute approximate surface area is 263 Å². The number of thioether (sulfide) groups is 1. The van der Waals surface area contributed by atoms with Crippen LogP contribution in [0.2, 0.25) is 5.02 Å². The van der Waals surface area contributed by atoms with Gasteiger partial charge in [0.2, 0.25) is 11.8 Å². The molecule has 2 bridgehead atoms. The first kappa shape index (κ1) is 28.9. The highest BCUT2D eigenvalue weighted by atomic mass is 35.5. The van der Waals surface area contributed by atoms with Crippen LogP contribution in [0.15, 0.2) is 52.3 Å². The summed E-state index contributed by atoms with van der Waals surface area (Å²) < 4.78 is 6.05. The maximum absolute atomic E-state index is 13.6. The average molecular weight is 656 g/mol. The molecule has 44 heavy (non-hydrogen) atoms. The van der Waals surface area contributed by atoms with Gasteiger partial charge in [-0.3, -0.25) is 28.9 Å². The lowest BCUT2D eigenvalue weighted by Crippen LogP contribution is -2.42. The van der Waals surface area contributed by atoms with Crippen molar-refractivity contribution in [3.63, 3.8) is 0 Å². The number of aromatic hydroxyl groups is 1. The van der Waals surface area contributed by atoms with E-state index in [-0.39, 0.29) is 70.9 Å². The van der Waals surface area contributed by atoms with Crippen LogP contribution in [0.4, 0.5) is 5.69 Å². The number of hydrogen-bond acceptors (Lipinski definition) is 9. The zero-order chi connectivity index (χ0) is 30.9. The van der Waals surface area contributed by atoms with E-state index in [2.05, 4.69) is 10.3 Å². The number of phenolic OH excluding ortho intramolecular Hbond substituents is 1. The number of carboxylic acid groups (broad SMARTS) is 1. The van der Waals surface area contributed by atoms with E-state index in [0.29, 0.717) is 33.5 Å². The zero-order valence-electron chi connectivity index (χ0n) is 22.9. The Morgan fingerprint density at radius 2 is 1.80 bits per heavy atom. The summed E-state index contributed by atoms with van der Waals surface area (Å²) in [5.74, 6) is -3.51. The van der Waals surface area contributed by atoms with Gasteiger partial charge in [-0.1, -0.05) is 22.9 Å². The third-order valence-electron chi connectivity index (χ3n) is 9.18. The molecule has 2 saturated carbocycles. The summed E-state index contributed by atoms with van der Waals surface area (Å²) >= 11 is 9.13. The number of H-pyrrole nitrogens is 1. The minimum Gasteiger partial charge on any atom is -0.508 e. The molecule has 3 amide bonds. The van der Waals surface area contributed by atoms with Crippen molar-refractivity contribution in [2.45, 2.75) is 29.0 Å². The molecule has 4 N–H and O–H groups in total. The van der Waals surface area contributed by atoms with E-state index in [1.54, 1.807) is 30.3 Å². The molecule has 3 aromatic rings. The number of benzene rings is 2. The Balaban J connectivity index is 1.21. The smallest absolute Gasteiger partial charge is 0.305 e. The summed E-state index contributed by atoms with van der Waals surface area (Å²) in [5, 5.41) is 22.5. The molecule has 228 valence electrons. The fourth-order valence-electron chi connectivity index (χ4n) is 7.63. The summed E-state index contributed by atoms with van der Waals surface area (Å²) in [4.78, 5) is 68.2. The average Bonchev–Trinajstić information content (AvgIpc) is 3.71. The first-order chi connectivity index (χ1) is 21.1. The normalized spacial score (nSPS) is 28.0. The van der Waals surface area contributed by atoms with Gasteiger partial charge in [0.05, 0.1) is 23.3 Å². The van der Waals surface area contributed by atoms with Crippen LogP contribution in [-0.2, 0) is 19.2 Å². The van der Waals surface area contributed by atoms with Crippen molar-refractivity contribution in [3.8, 4) is 11.5 Å². The number of ether oxygens (including phenoxy) is 1. The van der Waals surface area contributed by atoms with Crippen molar-refractivity contribution < 1.29 is 34.1 Å². The Morgan fingerprint density at radius 1 is 1.07 bits per heavy atom. The van der Waals surface area contributed by atoms with Crippen molar-refractivity contribution in [2.24, 2.45) is 29.6 Å². The number of carbonyl (C=O) groups is 4. The number of carboxylic acids is 1. The number of hydrogen-bond donors (Lipinski definition) is 4. The van der Waals surface area contributed by atoms with Crippen LogP contribution in [0.5, 0.6) is 11.5 Å². The van der Waals surface area contributed by atoms with Crippen molar-refractivity contribution in [3.05, 3.63) is 67.6 Å². The Bertz CT molecular complexity index is 1760. The van der Waals surface area contributed by atoms with E-state index in [1.807, 2.05) is 0 Å². The summed E-state index contributed by atoms with van der Waals surface area (Å²) in [7, 11) is 0. The molecule has 11 nitrogen and oxygen atoms in total. The highest BCUT2D eigenvalue weighted by Crippen LogP contribution is 2.69. The van der Waals surface area contributed by atoms with Crippen molar-refractivity contribution >= 4 is 64.1 Å². The molecule has 0 radical (unpaired) electrons. The molecule has 7 rings (SSSR count). The lowest BCUT2D eigenvalue weighted by Gasteiger charge is -2.43. The number of nitrogens with one attached hydrogen (secondary N) is 2. The van der Waals surface area contributed by atoms with Gasteiger partial charge in [0.1, 0.15) is 11.5 Å². The fourth-order valence-corrected chi connectivity index (χ4v) is 10.7. The topological polar surface area (TPSA) is 166 Å². The van der Waals surface area contributed by atoms with Crippen LogP contribution in [0.1, 0.15) is 29.2 Å². The van der Waals surface area contributed by atoms with Gasteiger partial charge in [-0.2, -0.15) is 0 Å². The molecule has 14 heteroatoms. The number of fused-ring (bicyclic) bond motifs is 9. The fraction of sp³-hybridized carbons (Fsp3) is 0.367. The number of phenols is 1. The first-order valence-corrected chi connectivity index (χ1v) is 16.2. The van der Waals surface area contributed by atoms with E-state index in [1.165, 1.54) is 23.9 Å². The van der Waals surface area contributed by atoms with Crippen LogP contribution in [-0.4, -0.2) is 62.2 Å². The van der Waals surface area contributed by atoms with Gasteiger partial charge >= 0.3 is 10.8 Å². The van der Waals surface area contributed by atoms with Crippen LogP contribution >= 0.6 is 34.7 Å². The molecule has 6 unspecified atom stereocenters. The molecule has 3 heterocycles. The van der Waals surface area contributed by atoms with E-state index in [4.69, 9.17) is 21.4 Å². The maximum atomic E-state index is 13.6. The predicted octanol–water partition coefficient (Wildman–Crippen LogP) is 3.76. The van der Waals surface area contributed by atoms with Gasteiger partial charge in [0.25, 0.3) is 5.91 Å². The summed E-state index contributed by atoms with van der Waals surface area (Å²) in [5.41, 5.74) is 1.18. The van der Waals surface area contributed by atoms with Gasteiger partial charge in [0.15, 0.2) is 6.61 Å². The van der Waals surface area contributed by atoms with Gasteiger partial charge < -0.3 is 25.3 Å². The quantitative estimate of drug-likeness (QED) is 0.209. The second-order valence-electron chi connectivity index (χ2n) is 11.5. The molecule has 0 spiro atoms. The molecular weight excluding hydrogens is 630 g/mol. The number of thiazole rings is 1. The number of aromatic nitrogens is 1. The highest BCUT2D eigenvalue weighted by molar-refractivity contribution is 8.00. The first-order valence-electron chi connectivity index (χ1n) is 14.1. The second kappa shape index (κ2) is 11.0. The van der Waals surface area contributed by atoms with Crippen LogP contribution in [0.25, 0.3) is 0 Å². The number of aliphatic carboxylic acids is 1. The van der Waals surface area contributed by atoms with Gasteiger partial charge in [0, 0.05) is 38.9 Å². The third kappa shape index (κ3) is 4.77. The van der Waals surface area contributed by atoms with E-state index in [9.17, 15) is 29.1 Å². The molecule has 3 fully saturated rings. The predicted molar refractivity (Wildman–Crippen MR) is 161 cm³/mol. The molecule has 2 aromatic carbocycles. The zero-order valence-corrected chi connectivity index (χ0v) is 25.3. The van der Waals surface area contributed by atoms with Crippen molar-refractivity contribution in [1.29, 1.82) is 0 Å². The number of aromatic amines is 1. The SMILES string of the molecule is O=C(O)CCN1C(=O)C2C3CC(C2C1=O)C1C3Sc2[nH]c(=O)sc2[C@@H]1c1cc(Cl)ccc1OCC(=O)Nc1ccc(O)cc1. The van der Waals surface area contributed by atoms with Gasteiger partial charge in [-0.25, -0.2) is 0 Å². The lowest BCUT2D eigenvalue weighted by atomic mass is 9.68. The van der Waals surface area contributed by atoms with E-state index in [0.717, 1.165) is 21.1 Å².